The molecule has 2 aromatic carbocycles. The van der Waals surface area contributed by atoms with E-state index in [9.17, 15) is 9.90 Å². The van der Waals surface area contributed by atoms with Crippen LogP contribution in [0.2, 0.25) is 0 Å². The Kier molecular flexibility index (Phi) is 4.45. The van der Waals surface area contributed by atoms with Crippen LogP contribution in [0.1, 0.15) is 41.4 Å². The summed E-state index contributed by atoms with van der Waals surface area (Å²) in [6.45, 7) is 3.54. The predicted molar refractivity (Wildman–Crippen MR) is 91.7 cm³/mol. The van der Waals surface area contributed by atoms with Crippen LogP contribution in [0.3, 0.4) is 0 Å². The second kappa shape index (κ2) is 6.55. The standard InChI is InChI=1S/C19H19N3O3/c1-19(2)17(23)16(14-10-12(11-20)8-9-15(14)25-19)21-22-18(24)13-6-4-3-5-7-13/h3-10,16-17,21,23H,1-2H3,(H,22,24)/t16-,17+/m0/s1. The third kappa shape index (κ3) is 3.33. The summed E-state index contributed by atoms with van der Waals surface area (Å²) in [5.41, 5.74) is 6.25. The van der Waals surface area contributed by atoms with Gasteiger partial charge in [0.05, 0.1) is 17.7 Å². The Labute approximate surface area is 146 Å². The topological polar surface area (TPSA) is 94.4 Å². The Hall–Kier alpha value is -2.88. The smallest absolute Gasteiger partial charge is 0.265 e. The molecule has 0 fully saturated rings. The zero-order chi connectivity index (χ0) is 18.0. The number of nitrogens with zero attached hydrogens (tertiary/aromatic N) is 1. The highest BCUT2D eigenvalue weighted by atomic mass is 16.5. The fraction of sp³-hybridized carbons (Fsp3) is 0.263. The molecule has 1 amide bonds. The summed E-state index contributed by atoms with van der Waals surface area (Å²) in [6, 6.07) is 15.2. The summed E-state index contributed by atoms with van der Waals surface area (Å²) in [5.74, 6) is 0.260. The van der Waals surface area contributed by atoms with Crippen molar-refractivity contribution in [3.63, 3.8) is 0 Å². The van der Waals surface area contributed by atoms with Crippen LogP contribution in [0, 0.1) is 11.3 Å². The molecular weight excluding hydrogens is 318 g/mol. The van der Waals surface area contributed by atoms with Gasteiger partial charge >= 0.3 is 0 Å². The molecule has 6 nitrogen and oxygen atoms in total. The molecule has 0 bridgehead atoms. The Morgan fingerprint density at radius 1 is 1.24 bits per heavy atom. The van der Waals surface area contributed by atoms with E-state index in [2.05, 4.69) is 16.9 Å². The molecule has 3 N–H and O–H groups in total. The van der Waals surface area contributed by atoms with Gasteiger partial charge in [-0.25, -0.2) is 5.43 Å². The van der Waals surface area contributed by atoms with Gasteiger partial charge in [0, 0.05) is 11.1 Å². The van der Waals surface area contributed by atoms with Crippen LogP contribution in [-0.4, -0.2) is 22.7 Å². The van der Waals surface area contributed by atoms with Gasteiger partial charge in [0.15, 0.2) is 0 Å². The number of ether oxygens (including phenoxy) is 1. The number of hydrazine groups is 1. The third-order valence-electron chi connectivity index (χ3n) is 4.25. The fourth-order valence-corrected chi connectivity index (χ4v) is 2.83. The minimum Gasteiger partial charge on any atom is -0.485 e. The normalized spacial score (nSPS) is 20.7. The van der Waals surface area contributed by atoms with Crippen molar-refractivity contribution < 1.29 is 14.6 Å². The summed E-state index contributed by atoms with van der Waals surface area (Å²) in [5, 5.41) is 19.8. The van der Waals surface area contributed by atoms with Gasteiger partial charge < -0.3 is 9.84 Å². The van der Waals surface area contributed by atoms with Crippen LogP contribution < -0.4 is 15.6 Å². The number of hydrogen-bond donors (Lipinski definition) is 3. The molecule has 0 saturated heterocycles. The fourth-order valence-electron chi connectivity index (χ4n) is 2.83. The molecule has 25 heavy (non-hydrogen) atoms. The van der Waals surface area contributed by atoms with Crippen molar-refractivity contribution in [2.75, 3.05) is 0 Å². The summed E-state index contributed by atoms with van der Waals surface area (Å²) in [4.78, 5) is 12.3. The number of aliphatic hydroxyl groups excluding tert-OH is 1. The van der Waals surface area contributed by atoms with E-state index >= 15 is 0 Å². The molecule has 128 valence electrons. The van der Waals surface area contributed by atoms with Crippen LogP contribution >= 0.6 is 0 Å². The number of nitrogens with one attached hydrogen (secondary N) is 2. The number of carbonyl (C=O) groups excluding carboxylic acids is 1. The van der Waals surface area contributed by atoms with Gasteiger partial charge in [0.1, 0.15) is 17.5 Å². The van der Waals surface area contributed by atoms with Crippen molar-refractivity contribution in [1.29, 1.82) is 5.26 Å². The van der Waals surface area contributed by atoms with Gasteiger partial charge in [-0.05, 0) is 44.2 Å². The number of amides is 1. The Bertz CT molecular complexity index is 828. The van der Waals surface area contributed by atoms with E-state index in [0.29, 0.717) is 22.4 Å². The maximum Gasteiger partial charge on any atom is 0.265 e. The van der Waals surface area contributed by atoms with Crippen LogP contribution in [0.5, 0.6) is 5.75 Å². The Morgan fingerprint density at radius 2 is 1.96 bits per heavy atom. The van der Waals surface area contributed by atoms with E-state index in [1.54, 1.807) is 56.3 Å². The maximum absolute atomic E-state index is 12.3. The van der Waals surface area contributed by atoms with Gasteiger partial charge in [0.2, 0.25) is 0 Å². The van der Waals surface area contributed by atoms with Gasteiger partial charge in [0.25, 0.3) is 5.91 Å². The van der Waals surface area contributed by atoms with Crippen LogP contribution in [0.25, 0.3) is 0 Å². The monoisotopic (exact) mass is 337 g/mol. The van der Waals surface area contributed by atoms with E-state index in [-0.39, 0.29) is 5.91 Å². The SMILES string of the molecule is CC1(C)Oc2ccc(C#N)cc2[C@H](NNC(=O)c2ccccc2)[C@H]1O. The summed E-state index contributed by atoms with van der Waals surface area (Å²) in [7, 11) is 0. The summed E-state index contributed by atoms with van der Waals surface area (Å²) >= 11 is 0. The predicted octanol–water partition coefficient (Wildman–Crippen LogP) is 2.07. The molecule has 0 spiro atoms. The number of rotatable bonds is 3. The third-order valence-corrected chi connectivity index (χ3v) is 4.25. The molecule has 0 unspecified atom stereocenters. The quantitative estimate of drug-likeness (QED) is 0.745. The average Bonchev–Trinajstić information content (AvgIpc) is 2.62. The van der Waals surface area contributed by atoms with E-state index in [0.717, 1.165) is 0 Å². The van der Waals surface area contributed by atoms with Crippen molar-refractivity contribution in [2.24, 2.45) is 0 Å². The lowest BCUT2D eigenvalue weighted by atomic mass is 9.86. The zero-order valence-corrected chi connectivity index (χ0v) is 14.0. The highest BCUT2D eigenvalue weighted by Gasteiger charge is 2.43. The first-order valence-electron chi connectivity index (χ1n) is 7.94. The van der Waals surface area contributed by atoms with E-state index in [4.69, 9.17) is 10.00 Å². The van der Waals surface area contributed by atoms with E-state index < -0.39 is 17.7 Å². The maximum atomic E-state index is 12.3. The van der Waals surface area contributed by atoms with Gasteiger partial charge in [-0.15, -0.1) is 0 Å². The molecule has 3 rings (SSSR count). The molecule has 0 aromatic heterocycles. The summed E-state index contributed by atoms with van der Waals surface area (Å²) in [6.07, 6.45) is -0.926. The zero-order valence-electron chi connectivity index (χ0n) is 14.0. The second-order valence-electron chi connectivity index (χ2n) is 6.46. The first-order valence-corrected chi connectivity index (χ1v) is 7.94. The summed E-state index contributed by atoms with van der Waals surface area (Å²) < 4.78 is 5.84. The molecule has 6 heteroatoms. The second-order valence-corrected chi connectivity index (χ2v) is 6.46. The molecule has 1 aliphatic heterocycles. The molecule has 2 aromatic rings. The highest BCUT2D eigenvalue weighted by molar-refractivity contribution is 5.93. The minimum atomic E-state index is -0.926. The van der Waals surface area contributed by atoms with Crippen LogP contribution in [0.4, 0.5) is 0 Å². The van der Waals surface area contributed by atoms with Crippen molar-refractivity contribution in [1.82, 2.24) is 10.9 Å². The number of fused-ring (bicyclic) bond motifs is 1. The van der Waals surface area contributed by atoms with Crippen LogP contribution in [0.15, 0.2) is 48.5 Å². The van der Waals surface area contributed by atoms with Crippen molar-refractivity contribution >= 4 is 5.91 Å². The van der Waals surface area contributed by atoms with Crippen molar-refractivity contribution in [2.45, 2.75) is 31.6 Å². The number of benzene rings is 2. The van der Waals surface area contributed by atoms with Gasteiger partial charge in [-0.3, -0.25) is 10.2 Å². The van der Waals surface area contributed by atoms with Gasteiger partial charge in [-0.1, -0.05) is 18.2 Å². The number of hydrogen-bond acceptors (Lipinski definition) is 5. The lowest BCUT2D eigenvalue weighted by Crippen LogP contribution is -2.55. The van der Waals surface area contributed by atoms with E-state index in [1.165, 1.54) is 0 Å². The lowest BCUT2D eigenvalue weighted by molar-refractivity contribution is -0.0665. The van der Waals surface area contributed by atoms with E-state index in [1.807, 2.05) is 6.07 Å². The molecular formula is C19H19N3O3. The van der Waals surface area contributed by atoms with Crippen LogP contribution in [-0.2, 0) is 0 Å². The molecule has 0 radical (unpaired) electrons. The Morgan fingerprint density at radius 3 is 2.64 bits per heavy atom. The molecule has 1 aliphatic rings. The largest absolute Gasteiger partial charge is 0.485 e. The first kappa shape index (κ1) is 17.0. The lowest BCUT2D eigenvalue weighted by Gasteiger charge is -2.42. The molecule has 0 saturated carbocycles. The number of carbonyl (C=O) groups is 1. The Balaban J connectivity index is 1.86. The average molecular weight is 337 g/mol. The first-order chi connectivity index (χ1) is 11.9. The highest BCUT2D eigenvalue weighted by Crippen LogP contribution is 2.39. The number of aliphatic hydroxyl groups is 1. The molecule has 1 heterocycles. The molecule has 0 aliphatic carbocycles. The molecule has 2 atom stereocenters. The van der Waals surface area contributed by atoms with Crippen molar-refractivity contribution in [3.8, 4) is 11.8 Å². The van der Waals surface area contributed by atoms with Crippen molar-refractivity contribution in [3.05, 3.63) is 65.2 Å². The minimum absolute atomic E-state index is 0.310. The van der Waals surface area contributed by atoms with Gasteiger partial charge in [-0.2, -0.15) is 5.26 Å². The number of nitriles is 1.